The molecule has 1 unspecified atom stereocenters. The first kappa shape index (κ1) is 15.0. The number of pyridine rings is 1. The minimum Gasteiger partial charge on any atom is -0.507 e. The molecule has 0 saturated carbocycles. The van der Waals surface area contributed by atoms with Gasteiger partial charge in [-0.25, -0.2) is 4.98 Å². The van der Waals surface area contributed by atoms with Crippen LogP contribution in [0.1, 0.15) is 34.3 Å². The summed E-state index contributed by atoms with van der Waals surface area (Å²) >= 11 is 5.87. The third-order valence-corrected chi connectivity index (χ3v) is 3.44. The zero-order valence-electron chi connectivity index (χ0n) is 11.1. The summed E-state index contributed by atoms with van der Waals surface area (Å²) in [5, 5.41) is 18.9. The third kappa shape index (κ3) is 3.03. The second-order valence-corrected chi connectivity index (χ2v) is 4.87. The highest BCUT2D eigenvalue weighted by Crippen LogP contribution is 2.27. The normalized spacial score (nSPS) is 11.9. The van der Waals surface area contributed by atoms with Crippen LogP contribution in [0.25, 0.3) is 0 Å². The number of aromatic hydroxyl groups is 1. The number of aromatic nitrogens is 1. The van der Waals surface area contributed by atoms with Gasteiger partial charge in [-0.05, 0) is 36.8 Å². The Kier molecular flexibility index (Phi) is 4.23. The number of carboxylic acids is 1. The van der Waals surface area contributed by atoms with Crippen LogP contribution in [0.15, 0.2) is 36.5 Å². The lowest BCUT2D eigenvalue weighted by Gasteiger charge is -2.10. The van der Waals surface area contributed by atoms with E-state index in [0.717, 1.165) is 0 Å². The zero-order chi connectivity index (χ0) is 15.6. The van der Waals surface area contributed by atoms with E-state index in [0.29, 0.717) is 5.56 Å². The second-order valence-electron chi connectivity index (χ2n) is 4.51. The average molecular weight is 306 g/mol. The predicted molar refractivity (Wildman–Crippen MR) is 76.8 cm³/mol. The van der Waals surface area contributed by atoms with Gasteiger partial charge in [-0.1, -0.05) is 17.7 Å². The van der Waals surface area contributed by atoms with Crippen LogP contribution in [-0.2, 0) is 4.79 Å². The van der Waals surface area contributed by atoms with E-state index in [2.05, 4.69) is 4.98 Å². The monoisotopic (exact) mass is 305 g/mol. The predicted octanol–water partition coefficient (Wildman–Crippen LogP) is 2.86. The molecule has 21 heavy (non-hydrogen) atoms. The van der Waals surface area contributed by atoms with E-state index in [1.165, 1.54) is 37.4 Å². The number of carbonyl (C=O) groups excluding carboxylic acids is 1. The summed E-state index contributed by atoms with van der Waals surface area (Å²) in [6, 6.07) is 7.17. The van der Waals surface area contributed by atoms with Crippen LogP contribution >= 0.6 is 11.6 Å². The first-order chi connectivity index (χ1) is 9.91. The lowest BCUT2D eigenvalue weighted by atomic mass is 9.95. The van der Waals surface area contributed by atoms with Gasteiger partial charge in [0.05, 0.1) is 17.0 Å². The van der Waals surface area contributed by atoms with Gasteiger partial charge in [0, 0.05) is 6.20 Å². The van der Waals surface area contributed by atoms with E-state index in [4.69, 9.17) is 16.7 Å². The smallest absolute Gasteiger partial charge is 0.310 e. The van der Waals surface area contributed by atoms with E-state index in [9.17, 15) is 14.7 Å². The van der Waals surface area contributed by atoms with Crippen LogP contribution in [0.5, 0.6) is 5.75 Å². The zero-order valence-corrected chi connectivity index (χ0v) is 11.8. The molecule has 5 nitrogen and oxygen atoms in total. The van der Waals surface area contributed by atoms with Crippen LogP contribution in [0.4, 0.5) is 0 Å². The van der Waals surface area contributed by atoms with E-state index in [1.807, 2.05) is 0 Å². The summed E-state index contributed by atoms with van der Waals surface area (Å²) in [5.74, 6) is -2.55. The summed E-state index contributed by atoms with van der Waals surface area (Å²) in [5.41, 5.74) is 0.564. The summed E-state index contributed by atoms with van der Waals surface area (Å²) in [7, 11) is 0. The van der Waals surface area contributed by atoms with Gasteiger partial charge in [-0.15, -0.1) is 0 Å². The number of halogens is 1. The van der Waals surface area contributed by atoms with Crippen molar-refractivity contribution < 1.29 is 19.8 Å². The Morgan fingerprint density at radius 2 is 1.95 bits per heavy atom. The average Bonchev–Trinajstić information content (AvgIpc) is 2.46. The molecule has 2 N–H and O–H groups in total. The third-order valence-electron chi connectivity index (χ3n) is 3.14. The fourth-order valence-electron chi connectivity index (χ4n) is 1.85. The highest BCUT2D eigenvalue weighted by Gasteiger charge is 2.20. The number of phenols is 1. The van der Waals surface area contributed by atoms with Crippen molar-refractivity contribution in [2.24, 2.45) is 0 Å². The number of benzene rings is 1. The summed E-state index contributed by atoms with van der Waals surface area (Å²) in [4.78, 5) is 27.2. The molecule has 0 amide bonds. The molecular formula is C15H12ClNO4. The van der Waals surface area contributed by atoms with E-state index in [-0.39, 0.29) is 22.0 Å². The Labute approximate surface area is 125 Å². The minimum atomic E-state index is -1.02. The van der Waals surface area contributed by atoms with Gasteiger partial charge >= 0.3 is 5.97 Å². The van der Waals surface area contributed by atoms with Crippen molar-refractivity contribution in [3.63, 3.8) is 0 Å². The SMILES string of the molecule is CC(C(=O)O)c1ccc(O)c(C(=O)c2cccnc2Cl)c1. The standard InChI is InChI=1S/C15H12ClNO4/c1-8(15(20)21)9-4-5-12(18)11(7-9)13(19)10-3-2-6-17-14(10)16/h2-8,18H,1H3,(H,20,21). The van der Waals surface area contributed by atoms with Crippen LogP contribution in [0, 0.1) is 0 Å². The van der Waals surface area contributed by atoms with Crippen molar-refractivity contribution in [1.82, 2.24) is 4.98 Å². The van der Waals surface area contributed by atoms with Crippen molar-refractivity contribution in [3.8, 4) is 5.75 Å². The Hall–Kier alpha value is -2.40. The Morgan fingerprint density at radius 1 is 1.24 bits per heavy atom. The number of rotatable bonds is 4. The molecule has 0 fully saturated rings. The molecule has 1 aromatic heterocycles. The fourth-order valence-corrected chi connectivity index (χ4v) is 2.05. The molecule has 0 saturated heterocycles. The van der Waals surface area contributed by atoms with Crippen molar-refractivity contribution in [1.29, 1.82) is 0 Å². The maximum Gasteiger partial charge on any atom is 0.310 e. The molecule has 0 spiro atoms. The van der Waals surface area contributed by atoms with Crippen LogP contribution in [0.3, 0.4) is 0 Å². The van der Waals surface area contributed by atoms with Gasteiger partial charge in [0.1, 0.15) is 10.9 Å². The topological polar surface area (TPSA) is 87.5 Å². The highest BCUT2D eigenvalue weighted by atomic mass is 35.5. The summed E-state index contributed by atoms with van der Waals surface area (Å²) < 4.78 is 0. The Morgan fingerprint density at radius 3 is 2.57 bits per heavy atom. The molecule has 2 rings (SSSR count). The quantitative estimate of drug-likeness (QED) is 0.670. The minimum absolute atomic E-state index is 0.00417. The van der Waals surface area contributed by atoms with E-state index < -0.39 is 17.7 Å². The molecule has 0 aliphatic heterocycles. The molecule has 0 bridgehead atoms. The number of ketones is 1. The Balaban J connectivity index is 2.49. The first-order valence-electron chi connectivity index (χ1n) is 6.12. The van der Waals surface area contributed by atoms with Crippen LogP contribution < -0.4 is 0 Å². The maximum atomic E-state index is 12.4. The molecule has 1 atom stereocenters. The highest BCUT2D eigenvalue weighted by molar-refractivity contribution is 6.34. The molecule has 1 aromatic carbocycles. The summed E-state index contributed by atoms with van der Waals surface area (Å²) in [6.45, 7) is 1.50. The fraction of sp³-hybridized carbons (Fsp3) is 0.133. The number of hydrogen-bond donors (Lipinski definition) is 2. The molecular weight excluding hydrogens is 294 g/mol. The van der Waals surface area contributed by atoms with Crippen molar-refractivity contribution >= 4 is 23.4 Å². The van der Waals surface area contributed by atoms with Gasteiger partial charge in [0.15, 0.2) is 5.78 Å². The molecule has 1 heterocycles. The largest absolute Gasteiger partial charge is 0.507 e. The summed E-state index contributed by atoms with van der Waals surface area (Å²) in [6.07, 6.45) is 1.45. The second kappa shape index (κ2) is 5.93. The molecule has 6 heteroatoms. The molecule has 2 aromatic rings. The van der Waals surface area contributed by atoms with Crippen molar-refractivity contribution in [2.45, 2.75) is 12.8 Å². The maximum absolute atomic E-state index is 12.4. The van der Waals surface area contributed by atoms with Gasteiger partial charge < -0.3 is 10.2 Å². The van der Waals surface area contributed by atoms with E-state index in [1.54, 1.807) is 6.07 Å². The molecule has 0 radical (unpaired) electrons. The number of carboxylic acid groups (broad SMARTS) is 1. The number of phenolic OH excluding ortho intramolecular Hbond substituents is 1. The van der Waals surface area contributed by atoms with E-state index >= 15 is 0 Å². The number of carbonyl (C=O) groups is 2. The lowest BCUT2D eigenvalue weighted by Crippen LogP contribution is -2.09. The van der Waals surface area contributed by atoms with Gasteiger partial charge in [-0.3, -0.25) is 9.59 Å². The van der Waals surface area contributed by atoms with Gasteiger partial charge in [0.2, 0.25) is 0 Å². The molecule has 108 valence electrons. The number of hydrogen-bond acceptors (Lipinski definition) is 4. The van der Waals surface area contributed by atoms with Gasteiger partial charge in [0.25, 0.3) is 0 Å². The van der Waals surface area contributed by atoms with Crippen LogP contribution in [-0.4, -0.2) is 26.9 Å². The molecule has 0 aliphatic carbocycles. The Bertz CT molecular complexity index is 715. The lowest BCUT2D eigenvalue weighted by molar-refractivity contribution is -0.138. The van der Waals surface area contributed by atoms with Crippen molar-refractivity contribution in [3.05, 3.63) is 58.4 Å². The van der Waals surface area contributed by atoms with Crippen LogP contribution in [0.2, 0.25) is 5.15 Å². The number of aliphatic carboxylic acids is 1. The van der Waals surface area contributed by atoms with Crippen molar-refractivity contribution in [2.75, 3.05) is 0 Å². The van der Waals surface area contributed by atoms with Gasteiger partial charge in [-0.2, -0.15) is 0 Å². The molecule has 0 aliphatic rings. The number of nitrogens with zero attached hydrogens (tertiary/aromatic N) is 1. The first-order valence-corrected chi connectivity index (χ1v) is 6.50.